The summed E-state index contributed by atoms with van der Waals surface area (Å²) in [4.78, 5) is 0. The molecular weight excluding hydrogens is 212 g/mol. The molecule has 0 aliphatic rings. The molecule has 1 N–H and O–H groups in total. The van der Waals surface area contributed by atoms with Gasteiger partial charge in [-0.05, 0) is 37.1 Å². The van der Waals surface area contributed by atoms with Crippen molar-refractivity contribution in [2.75, 3.05) is 0 Å². The van der Waals surface area contributed by atoms with E-state index in [1.54, 1.807) is 6.26 Å². The molecule has 1 atom stereocenters. The fourth-order valence-corrected chi connectivity index (χ4v) is 1.90. The summed E-state index contributed by atoms with van der Waals surface area (Å²) in [6.45, 7) is 6.27. The van der Waals surface area contributed by atoms with E-state index in [0.717, 1.165) is 18.8 Å². The summed E-state index contributed by atoms with van der Waals surface area (Å²) < 4.78 is 7.59. The second kappa shape index (κ2) is 5.73. The maximum absolute atomic E-state index is 5.36. The van der Waals surface area contributed by atoms with Crippen molar-refractivity contribution in [1.29, 1.82) is 0 Å². The Balaban J connectivity index is 1.84. The van der Waals surface area contributed by atoms with Crippen LogP contribution in [0.2, 0.25) is 0 Å². The highest BCUT2D eigenvalue weighted by molar-refractivity contribution is 5.11. The van der Waals surface area contributed by atoms with Crippen molar-refractivity contribution < 1.29 is 4.42 Å². The fourth-order valence-electron chi connectivity index (χ4n) is 1.90. The second-order valence-corrected chi connectivity index (χ2v) is 4.38. The number of hydrogen-bond acceptors (Lipinski definition) is 2. The summed E-state index contributed by atoms with van der Waals surface area (Å²) in [7, 11) is 0. The second-order valence-electron chi connectivity index (χ2n) is 4.38. The van der Waals surface area contributed by atoms with Crippen molar-refractivity contribution in [3.05, 3.63) is 48.2 Å². The molecule has 2 aromatic rings. The maximum Gasteiger partial charge on any atom is 0.120 e. The third-order valence-corrected chi connectivity index (χ3v) is 2.88. The first-order valence-electron chi connectivity index (χ1n) is 6.21. The van der Waals surface area contributed by atoms with E-state index in [1.807, 2.05) is 12.1 Å². The van der Waals surface area contributed by atoms with Crippen molar-refractivity contribution in [2.45, 2.75) is 39.4 Å². The van der Waals surface area contributed by atoms with Crippen molar-refractivity contribution in [1.82, 2.24) is 9.88 Å². The van der Waals surface area contributed by atoms with E-state index in [9.17, 15) is 0 Å². The van der Waals surface area contributed by atoms with Crippen molar-refractivity contribution >= 4 is 0 Å². The van der Waals surface area contributed by atoms with E-state index < -0.39 is 0 Å². The molecule has 0 aromatic carbocycles. The molecule has 0 aliphatic heterocycles. The van der Waals surface area contributed by atoms with Crippen LogP contribution in [0.25, 0.3) is 0 Å². The van der Waals surface area contributed by atoms with Gasteiger partial charge < -0.3 is 14.3 Å². The zero-order valence-corrected chi connectivity index (χ0v) is 10.5. The van der Waals surface area contributed by atoms with Crippen LogP contribution in [0, 0.1) is 0 Å². The lowest BCUT2D eigenvalue weighted by molar-refractivity contribution is 0.430. The van der Waals surface area contributed by atoms with E-state index in [0.29, 0.717) is 0 Å². The number of aromatic nitrogens is 1. The Labute approximate surface area is 102 Å². The van der Waals surface area contributed by atoms with Crippen molar-refractivity contribution in [3.63, 3.8) is 0 Å². The summed E-state index contributed by atoms with van der Waals surface area (Å²) in [6.07, 6.45) is 7.22. The van der Waals surface area contributed by atoms with Crippen LogP contribution in [-0.4, -0.2) is 4.57 Å². The first-order chi connectivity index (χ1) is 8.29. The summed E-state index contributed by atoms with van der Waals surface area (Å²) in [6, 6.07) is 6.34. The summed E-state index contributed by atoms with van der Waals surface area (Å²) in [5.41, 5.74) is 1.32. The van der Waals surface area contributed by atoms with Gasteiger partial charge in [0.1, 0.15) is 5.76 Å². The molecule has 17 heavy (non-hydrogen) atoms. The Bertz CT molecular complexity index is 431. The number of nitrogens with zero attached hydrogens (tertiary/aromatic N) is 1. The van der Waals surface area contributed by atoms with Gasteiger partial charge in [0.25, 0.3) is 0 Å². The molecule has 0 fully saturated rings. The van der Waals surface area contributed by atoms with Gasteiger partial charge in [-0.3, -0.25) is 0 Å². The lowest BCUT2D eigenvalue weighted by atomic mass is 10.2. The van der Waals surface area contributed by atoms with Gasteiger partial charge in [0.05, 0.1) is 12.3 Å². The minimum atomic E-state index is 0.250. The number of nitrogens with one attached hydrogen (secondary N) is 1. The third kappa shape index (κ3) is 3.24. The highest BCUT2D eigenvalue weighted by Crippen LogP contribution is 2.13. The molecule has 0 amide bonds. The van der Waals surface area contributed by atoms with E-state index >= 15 is 0 Å². The minimum Gasteiger partial charge on any atom is -0.468 e. The molecule has 0 aliphatic carbocycles. The SMILES string of the molecule is CCCn1ccc(CN[C@@H](C)c2ccco2)c1. The van der Waals surface area contributed by atoms with Gasteiger partial charge in [-0.2, -0.15) is 0 Å². The van der Waals surface area contributed by atoms with Crippen LogP contribution in [0.1, 0.15) is 37.6 Å². The number of furan rings is 1. The van der Waals surface area contributed by atoms with Gasteiger partial charge in [0.2, 0.25) is 0 Å². The van der Waals surface area contributed by atoms with E-state index in [-0.39, 0.29) is 6.04 Å². The van der Waals surface area contributed by atoms with Crippen LogP contribution in [0.4, 0.5) is 0 Å². The lowest BCUT2D eigenvalue weighted by Gasteiger charge is -2.10. The minimum absolute atomic E-state index is 0.250. The molecule has 92 valence electrons. The van der Waals surface area contributed by atoms with Gasteiger partial charge >= 0.3 is 0 Å². The molecule has 2 aromatic heterocycles. The van der Waals surface area contributed by atoms with Crippen LogP contribution in [0.15, 0.2) is 41.3 Å². The molecule has 0 unspecified atom stereocenters. The average Bonchev–Trinajstić information content (AvgIpc) is 2.97. The Morgan fingerprint density at radius 3 is 3.00 bits per heavy atom. The first kappa shape index (κ1) is 12.0. The molecule has 3 heteroatoms. The van der Waals surface area contributed by atoms with Crippen molar-refractivity contribution in [3.8, 4) is 0 Å². The number of aryl methyl sites for hydroxylation is 1. The number of hydrogen-bond donors (Lipinski definition) is 1. The predicted octanol–water partition coefficient (Wildman–Crippen LogP) is 3.34. The molecule has 0 radical (unpaired) electrons. The Hall–Kier alpha value is -1.48. The molecule has 0 saturated heterocycles. The largest absolute Gasteiger partial charge is 0.468 e. The molecular formula is C14H20N2O. The van der Waals surface area contributed by atoms with Crippen LogP contribution in [0.3, 0.4) is 0 Å². The van der Waals surface area contributed by atoms with Crippen LogP contribution < -0.4 is 5.32 Å². The zero-order chi connectivity index (χ0) is 12.1. The normalized spacial score (nSPS) is 12.8. The Morgan fingerprint density at radius 2 is 2.29 bits per heavy atom. The van der Waals surface area contributed by atoms with E-state index in [1.165, 1.54) is 12.0 Å². The van der Waals surface area contributed by atoms with Gasteiger partial charge in [0, 0.05) is 25.5 Å². The predicted molar refractivity (Wildman–Crippen MR) is 68.7 cm³/mol. The molecule has 3 nitrogen and oxygen atoms in total. The van der Waals surface area contributed by atoms with Gasteiger partial charge in [-0.15, -0.1) is 0 Å². The average molecular weight is 232 g/mol. The van der Waals surface area contributed by atoms with E-state index in [4.69, 9.17) is 4.42 Å². The quantitative estimate of drug-likeness (QED) is 0.828. The van der Waals surface area contributed by atoms with Crippen LogP contribution in [-0.2, 0) is 13.1 Å². The lowest BCUT2D eigenvalue weighted by Crippen LogP contribution is -2.17. The van der Waals surface area contributed by atoms with Gasteiger partial charge in [-0.1, -0.05) is 6.92 Å². The highest BCUT2D eigenvalue weighted by Gasteiger charge is 2.07. The molecule has 2 rings (SSSR count). The summed E-state index contributed by atoms with van der Waals surface area (Å²) in [5.74, 6) is 0.984. The topological polar surface area (TPSA) is 30.1 Å². The fraction of sp³-hybridized carbons (Fsp3) is 0.429. The molecule has 2 heterocycles. The first-order valence-corrected chi connectivity index (χ1v) is 6.21. The van der Waals surface area contributed by atoms with Gasteiger partial charge in [-0.25, -0.2) is 0 Å². The maximum atomic E-state index is 5.36. The Morgan fingerprint density at radius 1 is 1.41 bits per heavy atom. The van der Waals surface area contributed by atoms with E-state index in [2.05, 4.69) is 42.2 Å². The van der Waals surface area contributed by atoms with Crippen LogP contribution in [0.5, 0.6) is 0 Å². The Kier molecular flexibility index (Phi) is 4.04. The number of rotatable bonds is 6. The zero-order valence-electron chi connectivity index (χ0n) is 10.5. The molecule has 0 bridgehead atoms. The van der Waals surface area contributed by atoms with Crippen molar-refractivity contribution in [2.24, 2.45) is 0 Å². The summed E-state index contributed by atoms with van der Waals surface area (Å²) >= 11 is 0. The monoisotopic (exact) mass is 232 g/mol. The smallest absolute Gasteiger partial charge is 0.120 e. The standard InChI is InChI=1S/C14H20N2O/c1-3-7-16-8-6-13(11-16)10-15-12(2)14-5-4-9-17-14/h4-6,8-9,11-12,15H,3,7,10H2,1-2H3/t12-/m0/s1. The third-order valence-electron chi connectivity index (χ3n) is 2.88. The van der Waals surface area contributed by atoms with Crippen LogP contribution >= 0.6 is 0 Å². The highest BCUT2D eigenvalue weighted by atomic mass is 16.3. The van der Waals surface area contributed by atoms with Gasteiger partial charge in [0.15, 0.2) is 0 Å². The molecule has 0 saturated carbocycles. The molecule has 0 spiro atoms. The summed E-state index contributed by atoms with van der Waals surface area (Å²) in [5, 5.41) is 3.45.